The minimum atomic E-state index is -0.339. The third-order valence-corrected chi connectivity index (χ3v) is 5.41. The van der Waals surface area contributed by atoms with Gasteiger partial charge in [0.2, 0.25) is 0 Å². The van der Waals surface area contributed by atoms with Gasteiger partial charge >= 0.3 is 0 Å². The first kappa shape index (κ1) is 19.9. The molecule has 7 heteroatoms. The van der Waals surface area contributed by atoms with Crippen molar-refractivity contribution in [1.29, 1.82) is 0 Å². The van der Waals surface area contributed by atoms with Crippen molar-refractivity contribution in [1.82, 2.24) is 20.1 Å². The number of nitrogens with zero attached hydrogens (tertiary/aromatic N) is 3. The monoisotopic (exact) mass is 406 g/mol. The number of pyridine rings is 1. The fourth-order valence-electron chi connectivity index (χ4n) is 3.97. The van der Waals surface area contributed by atoms with Gasteiger partial charge in [-0.25, -0.2) is 9.49 Å². The number of benzene rings is 1. The zero-order valence-corrected chi connectivity index (χ0v) is 16.8. The van der Waals surface area contributed by atoms with Gasteiger partial charge in [-0.15, -0.1) is 0 Å². The quantitative estimate of drug-likeness (QED) is 0.722. The SMILES string of the molecule is Cc1cc(Cc2ccccc2F)cc(C2CCCN(C(=O)c3ccc(=O)[nH]n3)C2)n1. The minimum absolute atomic E-state index is 0.102. The van der Waals surface area contributed by atoms with Crippen molar-refractivity contribution in [3.05, 3.63) is 92.9 Å². The van der Waals surface area contributed by atoms with E-state index in [0.717, 1.165) is 29.8 Å². The molecule has 30 heavy (non-hydrogen) atoms. The molecule has 1 aliphatic heterocycles. The number of likely N-dealkylation sites (tertiary alicyclic amines) is 1. The maximum atomic E-state index is 14.1. The highest BCUT2D eigenvalue weighted by molar-refractivity contribution is 5.92. The van der Waals surface area contributed by atoms with Crippen molar-refractivity contribution in [2.75, 3.05) is 13.1 Å². The first-order chi connectivity index (χ1) is 14.5. The highest BCUT2D eigenvalue weighted by atomic mass is 19.1. The van der Waals surface area contributed by atoms with Gasteiger partial charge < -0.3 is 4.90 Å². The summed E-state index contributed by atoms with van der Waals surface area (Å²) >= 11 is 0. The summed E-state index contributed by atoms with van der Waals surface area (Å²) in [5.41, 5.74) is 3.35. The highest BCUT2D eigenvalue weighted by Gasteiger charge is 2.27. The van der Waals surface area contributed by atoms with E-state index in [2.05, 4.69) is 10.2 Å². The van der Waals surface area contributed by atoms with Crippen LogP contribution >= 0.6 is 0 Å². The van der Waals surface area contributed by atoms with Crippen molar-refractivity contribution >= 4 is 5.91 Å². The number of aryl methyl sites for hydroxylation is 1. The first-order valence-electron chi connectivity index (χ1n) is 10.1. The molecule has 2 aromatic heterocycles. The number of hydrogen-bond donors (Lipinski definition) is 1. The number of carbonyl (C=O) groups is 1. The van der Waals surface area contributed by atoms with Crippen molar-refractivity contribution in [3.8, 4) is 0 Å². The number of aromatic amines is 1. The molecular formula is C23H23FN4O2. The normalized spacial score (nSPS) is 16.5. The zero-order valence-electron chi connectivity index (χ0n) is 16.8. The molecule has 1 saturated heterocycles. The lowest BCUT2D eigenvalue weighted by Gasteiger charge is -2.32. The van der Waals surface area contributed by atoms with Crippen LogP contribution in [0.4, 0.5) is 4.39 Å². The molecule has 1 fully saturated rings. The number of carbonyl (C=O) groups excluding carboxylic acids is 1. The average Bonchev–Trinajstić information content (AvgIpc) is 2.75. The molecule has 0 aliphatic carbocycles. The fraction of sp³-hybridized carbons (Fsp3) is 0.304. The highest BCUT2D eigenvalue weighted by Crippen LogP contribution is 2.28. The lowest BCUT2D eigenvalue weighted by Crippen LogP contribution is -2.40. The van der Waals surface area contributed by atoms with Crippen molar-refractivity contribution in [2.45, 2.75) is 32.1 Å². The van der Waals surface area contributed by atoms with Gasteiger partial charge in [0.15, 0.2) is 0 Å². The Bertz CT molecular complexity index is 1110. The molecule has 4 rings (SSSR count). The second kappa shape index (κ2) is 8.57. The summed E-state index contributed by atoms with van der Waals surface area (Å²) in [6.45, 7) is 3.11. The second-order valence-electron chi connectivity index (χ2n) is 7.71. The summed E-state index contributed by atoms with van der Waals surface area (Å²) < 4.78 is 14.1. The Hall–Kier alpha value is -3.35. The largest absolute Gasteiger partial charge is 0.337 e. The molecule has 0 spiro atoms. The van der Waals surface area contributed by atoms with E-state index in [1.54, 1.807) is 17.0 Å². The predicted octanol–water partition coefficient (Wildman–Crippen LogP) is 3.22. The van der Waals surface area contributed by atoms with Crippen molar-refractivity contribution in [3.63, 3.8) is 0 Å². The maximum Gasteiger partial charge on any atom is 0.274 e. The Morgan fingerprint density at radius 1 is 1.23 bits per heavy atom. The van der Waals surface area contributed by atoms with Gasteiger partial charge in [-0.3, -0.25) is 14.6 Å². The third-order valence-electron chi connectivity index (χ3n) is 5.41. The van der Waals surface area contributed by atoms with Crippen LogP contribution in [0.15, 0.2) is 53.3 Å². The summed E-state index contributed by atoms with van der Waals surface area (Å²) in [5.74, 6) is -0.309. The molecule has 3 aromatic rings. The van der Waals surface area contributed by atoms with E-state index in [4.69, 9.17) is 4.98 Å². The number of H-pyrrole nitrogens is 1. The van der Waals surface area contributed by atoms with Gasteiger partial charge in [-0.2, -0.15) is 5.10 Å². The van der Waals surface area contributed by atoms with E-state index in [-0.39, 0.29) is 28.9 Å². The van der Waals surface area contributed by atoms with Crippen LogP contribution in [0, 0.1) is 12.7 Å². The van der Waals surface area contributed by atoms with Crippen molar-refractivity contribution in [2.24, 2.45) is 0 Å². The Kier molecular flexibility index (Phi) is 5.70. The lowest BCUT2D eigenvalue weighted by atomic mass is 9.92. The number of rotatable bonds is 4. The van der Waals surface area contributed by atoms with Crippen LogP contribution in [0.2, 0.25) is 0 Å². The Balaban J connectivity index is 1.54. The first-order valence-corrected chi connectivity index (χ1v) is 10.1. The summed E-state index contributed by atoms with van der Waals surface area (Å²) in [6, 6.07) is 13.5. The van der Waals surface area contributed by atoms with Gasteiger partial charge in [0.1, 0.15) is 11.5 Å². The molecule has 1 N–H and O–H groups in total. The summed E-state index contributed by atoms with van der Waals surface area (Å²) in [5, 5.41) is 6.16. The molecule has 6 nitrogen and oxygen atoms in total. The second-order valence-corrected chi connectivity index (χ2v) is 7.71. The zero-order chi connectivity index (χ0) is 21.1. The number of amides is 1. The molecule has 1 aromatic carbocycles. The molecule has 1 unspecified atom stereocenters. The third kappa shape index (κ3) is 4.45. The molecule has 3 heterocycles. The van der Waals surface area contributed by atoms with E-state index >= 15 is 0 Å². The Labute approximate surface area is 173 Å². The van der Waals surface area contributed by atoms with Gasteiger partial charge in [0.25, 0.3) is 11.5 Å². The van der Waals surface area contributed by atoms with Crippen LogP contribution in [0.25, 0.3) is 0 Å². The van der Waals surface area contributed by atoms with E-state index in [1.165, 1.54) is 18.2 Å². The number of nitrogens with one attached hydrogen (secondary N) is 1. The molecule has 1 atom stereocenters. The van der Waals surface area contributed by atoms with Gasteiger partial charge in [-0.05, 0) is 55.2 Å². The van der Waals surface area contributed by atoms with E-state index < -0.39 is 0 Å². The van der Waals surface area contributed by atoms with Crippen molar-refractivity contribution < 1.29 is 9.18 Å². The smallest absolute Gasteiger partial charge is 0.274 e. The van der Waals surface area contributed by atoms with Gasteiger partial charge in [0.05, 0.1) is 0 Å². The molecule has 0 saturated carbocycles. The van der Waals surface area contributed by atoms with Gasteiger partial charge in [-0.1, -0.05) is 18.2 Å². The number of piperidine rings is 1. The Morgan fingerprint density at radius 2 is 2.07 bits per heavy atom. The summed E-state index contributed by atoms with van der Waals surface area (Å²) in [4.78, 5) is 30.4. The lowest BCUT2D eigenvalue weighted by molar-refractivity contribution is 0.0698. The minimum Gasteiger partial charge on any atom is -0.337 e. The van der Waals surface area contributed by atoms with E-state index in [1.807, 2.05) is 25.1 Å². The molecule has 154 valence electrons. The summed E-state index contributed by atoms with van der Waals surface area (Å²) in [7, 11) is 0. The van der Waals surface area contributed by atoms with Crippen LogP contribution in [-0.4, -0.2) is 39.1 Å². The summed E-state index contributed by atoms with van der Waals surface area (Å²) in [6.07, 6.45) is 2.29. The standard InChI is InChI=1S/C23H23FN4O2/c1-15-11-16(12-17-5-2-3-7-19(17)24)13-21(25-15)18-6-4-10-28(14-18)23(30)20-8-9-22(29)27-26-20/h2-3,5,7-9,11,13,18H,4,6,10,12,14H2,1H3,(H,27,29). The number of hydrogen-bond acceptors (Lipinski definition) is 4. The fourth-order valence-corrected chi connectivity index (χ4v) is 3.97. The van der Waals surface area contributed by atoms with Gasteiger partial charge in [0, 0.05) is 42.9 Å². The van der Waals surface area contributed by atoms with Crippen LogP contribution < -0.4 is 5.56 Å². The van der Waals surface area contributed by atoms with Crippen LogP contribution in [0.3, 0.4) is 0 Å². The Morgan fingerprint density at radius 3 is 2.83 bits per heavy atom. The number of aromatic nitrogens is 3. The average molecular weight is 406 g/mol. The van der Waals surface area contributed by atoms with E-state index in [0.29, 0.717) is 25.1 Å². The predicted molar refractivity (Wildman–Crippen MR) is 111 cm³/mol. The maximum absolute atomic E-state index is 14.1. The molecule has 1 aliphatic rings. The number of halogens is 1. The molecule has 0 bridgehead atoms. The molecule has 0 radical (unpaired) electrons. The van der Waals surface area contributed by atoms with Crippen LogP contribution in [0.1, 0.15) is 51.8 Å². The van der Waals surface area contributed by atoms with Crippen LogP contribution in [0.5, 0.6) is 0 Å². The van der Waals surface area contributed by atoms with E-state index in [9.17, 15) is 14.0 Å². The molecular weight excluding hydrogens is 383 g/mol. The van der Waals surface area contributed by atoms with Crippen LogP contribution in [-0.2, 0) is 6.42 Å². The topological polar surface area (TPSA) is 79.0 Å². The molecule has 1 amide bonds.